The second-order valence-corrected chi connectivity index (χ2v) is 7.07. The molecule has 0 radical (unpaired) electrons. The number of rotatable bonds is 6. The summed E-state index contributed by atoms with van der Waals surface area (Å²) in [6, 6.07) is 10.4. The molecule has 0 spiro atoms. The van der Waals surface area contributed by atoms with Crippen molar-refractivity contribution in [3.8, 4) is 10.4 Å². The molecule has 24 heavy (non-hydrogen) atoms. The fraction of sp³-hybridized carbons (Fsp3) is 0.368. The molecule has 1 aromatic carbocycles. The number of unbranched alkanes of at least 4 members (excludes halogenated alkanes) is 1. The Morgan fingerprint density at radius 1 is 1.21 bits per heavy atom. The number of hydrogen-bond acceptors (Lipinski definition) is 4. The third-order valence-corrected chi connectivity index (χ3v) is 5.34. The maximum absolute atomic E-state index is 12.5. The highest BCUT2D eigenvalue weighted by Crippen LogP contribution is 2.31. The molecule has 4 nitrogen and oxygen atoms in total. The van der Waals surface area contributed by atoms with Crippen LogP contribution in [0.15, 0.2) is 35.1 Å². The van der Waals surface area contributed by atoms with Crippen LogP contribution in [0.3, 0.4) is 0 Å². The summed E-state index contributed by atoms with van der Waals surface area (Å²) in [6.45, 7) is 8.08. The van der Waals surface area contributed by atoms with Crippen LogP contribution in [0, 0.1) is 6.92 Å². The first-order valence-corrected chi connectivity index (χ1v) is 9.30. The van der Waals surface area contributed by atoms with Crippen LogP contribution in [-0.2, 0) is 0 Å². The van der Waals surface area contributed by atoms with Gasteiger partial charge in [-0.15, -0.1) is 11.3 Å². The number of nitrogens with one attached hydrogen (secondary N) is 1. The van der Waals surface area contributed by atoms with E-state index in [9.17, 15) is 4.79 Å². The van der Waals surface area contributed by atoms with Gasteiger partial charge in [-0.3, -0.25) is 9.78 Å². The van der Waals surface area contributed by atoms with E-state index in [0.29, 0.717) is 10.6 Å². The minimum absolute atomic E-state index is 0.0479. The number of aromatic amines is 1. The number of benzene rings is 1. The maximum Gasteiger partial charge on any atom is 0.270 e. The molecule has 2 heterocycles. The molecule has 0 aliphatic carbocycles. The zero-order valence-corrected chi connectivity index (χ0v) is 15.2. The summed E-state index contributed by atoms with van der Waals surface area (Å²) in [4.78, 5) is 23.4. The van der Waals surface area contributed by atoms with E-state index in [2.05, 4.69) is 54.9 Å². The van der Waals surface area contributed by atoms with E-state index < -0.39 is 0 Å². The highest BCUT2D eigenvalue weighted by Gasteiger charge is 2.13. The van der Waals surface area contributed by atoms with E-state index in [-0.39, 0.29) is 5.56 Å². The van der Waals surface area contributed by atoms with Crippen LogP contribution in [0.1, 0.15) is 32.3 Å². The fourth-order valence-corrected chi connectivity index (χ4v) is 3.70. The Kier molecular flexibility index (Phi) is 5.00. The molecule has 126 valence electrons. The molecule has 1 N–H and O–H groups in total. The SMILES string of the molecule is CCCCN(CC)c1nc2cc(-c3ccc(C)cc3)sc2c(=O)[nH]1. The monoisotopic (exact) mass is 341 g/mol. The molecule has 0 fully saturated rings. The van der Waals surface area contributed by atoms with E-state index >= 15 is 0 Å². The Hall–Kier alpha value is -2.14. The molecule has 0 atom stereocenters. The predicted molar refractivity (Wildman–Crippen MR) is 103 cm³/mol. The molecule has 0 aliphatic heterocycles. The van der Waals surface area contributed by atoms with Gasteiger partial charge in [0.25, 0.3) is 5.56 Å². The van der Waals surface area contributed by atoms with Gasteiger partial charge in [-0.1, -0.05) is 43.2 Å². The minimum Gasteiger partial charge on any atom is -0.343 e. The van der Waals surface area contributed by atoms with Gasteiger partial charge in [0.1, 0.15) is 4.70 Å². The summed E-state index contributed by atoms with van der Waals surface area (Å²) in [5.41, 5.74) is 3.09. The molecule has 0 saturated heterocycles. The molecule has 3 rings (SSSR count). The first-order valence-electron chi connectivity index (χ1n) is 8.48. The van der Waals surface area contributed by atoms with Crippen molar-refractivity contribution >= 4 is 27.5 Å². The van der Waals surface area contributed by atoms with E-state index in [1.54, 1.807) is 0 Å². The fourth-order valence-electron chi connectivity index (χ4n) is 2.70. The molecular weight excluding hydrogens is 318 g/mol. The largest absolute Gasteiger partial charge is 0.343 e. The average molecular weight is 341 g/mol. The van der Waals surface area contributed by atoms with Crippen LogP contribution in [0.5, 0.6) is 0 Å². The van der Waals surface area contributed by atoms with Gasteiger partial charge in [-0.25, -0.2) is 4.98 Å². The van der Waals surface area contributed by atoms with E-state index in [1.807, 2.05) is 6.07 Å². The zero-order valence-electron chi connectivity index (χ0n) is 14.4. The Balaban J connectivity index is 2.02. The molecule has 2 aromatic heterocycles. The Morgan fingerprint density at radius 2 is 1.96 bits per heavy atom. The lowest BCUT2D eigenvalue weighted by atomic mass is 10.1. The Labute approximate surface area is 146 Å². The molecule has 5 heteroatoms. The van der Waals surface area contributed by atoms with Crippen LogP contribution < -0.4 is 10.5 Å². The van der Waals surface area contributed by atoms with Crippen molar-refractivity contribution in [3.63, 3.8) is 0 Å². The number of nitrogens with zero attached hydrogens (tertiary/aromatic N) is 2. The average Bonchev–Trinajstić information content (AvgIpc) is 3.01. The predicted octanol–water partition coefficient (Wildman–Crippen LogP) is 4.59. The van der Waals surface area contributed by atoms with Gasteiger partial charge in [0.15, 0.2) is 0 Å². The van der Waals surface area contributed by atoms with Gasteiger partial charge < -0.3 is 4.90 Å². The van der Waals surface area contributed by atoms with Crippen molar-refractivity contribution in [1.29, 1.82) is 0 Å². The van der Waals surface area contributed by atoms with Gasteiger partial charge in [0.2, 0.25) is 5.95 Å². The van der Waals surface area contributed by atoms with Crippen LogP contribution in [0.4, 0.5) is 5.95 Å². The molecule has 0 unspecified atom stereocenters. The maximum atomic E-state index is 12.5. The summed E-state index contributed by atoms with van der Waals surface area (Å²) in [7, 11) is 0. The molecule has 0 amide bonds. The quantitative estimate of drug-likeness (QED) is 0.713. The topological polar surface area (TPSA) is 49.0 Å². The first-order chi connectivity index (χ1) is 11.6. The second kappa shape index (κ2) is 7.18. The normalized spacial score (nSPS) is 11.1. The Morgan fingerprint density at radius 3 is 2.62 bits per heavy atom. The van der Waals surface area contributed by atoms with E-state index in [1.165, 1.54) is 16.9 Å². The first kappa shape index (κ1) is 16.7. The standard InChI is InChI=1S/C19H23N3OS/c1-4-6-11-22(5-2)19-20-15-12-16(24-17(15)18(23)21-19)14-9-7-13(3)8-10-14/h7-10,12H,4-6,11H2,1-3H3,(H,20,21,23). The van der Waals surface area contributed by atoms with Gasteiger partial charge in [-0.2, -0.15) is 0 Å². The molecule has 3 aromatic rings. The smallest absolute Gasteiger partial charge is 0.270 e. The van der Waals surface area contributed by atoms with Crippen LogP contribution >= 0.6 is 11.3 Å². The highest BCUT2D eigenvalue weighted by molar-refractivity contribution is 7.22. The summed E-state index contributed by atoms with van der Waals surface area (Å²) in [5, 5.41) is 0. The van der Waals surface area contributed by atoms with Crippen molar-refractivity contribution in [2.24, 2.45) is 0 Å². The molecular formula is C19H23N3OS. The molecule has 0 saturated carbocycles. The third-order valence-electron chi connectivity index (χ3n) is 4.17. The number of aromatic nitrogens is 2. The Bertz CT molecular complexity index is 880. The number of hydrogen-bond donors (Lipinski definition) is 1. The summed E-state index contributed by atoms with van der Waals surface area (Å²) < 4.78 is 0.695. The minimum atomic E-state index is -0.0479. The van der Waals surface area contributed by atoms with Gasteiger partial charge in [0, 0.05) is 18.0 Å². The van der Waals surface area contributed by atoms with Crippen LogP contribution in [-0.4, -0.2) is 23.1 Å². The lowest BCUT2D eigenvalue weighted by Crippen LogP contribution is -2.28. The van der Waals surface area contributed by atoms with Gasteiger partial charge >= 0.3 is 0 Å². The van der Waals surface area contributed by atoms with Crippen molar-refractivity contribution in [3.05, 3.63) is 46.2 Å². The zero-order chi connectivity index (χ0) is 17.1. The van der Waals surface area contributed by atoms with Crippen molar-refractivity contribution < 1.29 is 0 Å². The van der Waals surface area contributed by atoms with Crippen molar-refractivity contribution in [1.82, 2.24) is 9.97 Å². The van der Waals surface area contributed by atoms with Gasteiger partial charge in [0.05, 0.1) is 5.52 Å². The van der Waals surface area contributed by atoms with E-state index in [0.717, 1.165) is 41.9 Å². The molecule has 0 aliphatic rings. The van der Waals surface area contributed by atoms with Gasteiger partial charge in [-0.05, 0) is 31.9 Å². The van der Waals surface area contributed by atoms with Crippen LogP contribution in [0.25, 0.3) is 20.7 Å². The van der Waals surface area contributed by atoms with Crippen molar-refractivity contribution in [2.75, 3.05) is 18.0 Å². The number of fused-ring (bicyclic) bond motifs is 1. The van der Waals surface area contributed by atoms with Crippen molar-refractivity contribution in [2.45, 2.75) is 33.6 Å². The lowest BCUT2D eigenvalue weighted by Gasteiger charge is -2.20. The number of thiophene rings is 1. The van der Waals surface area contributed by atoms with E-state index in [4.69, 9.17) is 4.98 Å². The lowest BCUT2D eigenvalue weighted by molar-refractivity contribution is 0.714. The number of anilines is 1. The highest BCUT2D eigenvalue weighted by atomic mass is 32.1. The summed E-state index contributed by atoms with van der Waals surface area (Å²) in [6.07, 6.45) is 2.22. The van der Waals surface area contributed by atoms with Crippen LogP contribution in [0.2, 0.25) is 0 Å². The number of aryl methyl sites for hydroxylation is 1. The summed E-state index contributed by atoms with van der Waals surface area (Å²) >= 11 is 1.50. The number of H-pyrrole nitrogens is 1. The second-order valence-electron chi connectivity index (χ2n) is 6.01. The third kappa shape index (κ3) is 3.36. The molecule has 0 bridgehead atoms. The summed E-state index contributed by atoms with van der Waals surface area (Å²) in [5.74, 6) is 0.678.